The Bertz CT molecular complexity index is 899. The van der Waals surface area contributed by atoms with Crippen LogP contribution in [-0.2, 0) is 19.1 Å². The van der Waals surface area contributed by atoms with Crippen LogP contribution >= 0.6 is 0 Å². The van der Waals surface area contributed by atoms with Gasteiger partial charge in [0.15, 0.2) is 6.10 Å². The molecule has 6 fully saturated rings. The highest BCUT2D eigenvalue weighted by atomic mass is 16.5. The van der Waals surface area contributed by atoms with E-state index in [1.807, 2.05) is 0 Å². The predicted octanol–water partition coefficient (Wildman–Crippen LogP) is 4.41. The molecule has 0 aromatic carbocycles. The SMILES string of the molecule is CC(=O)O[C@H]1C[C@@H]2CC[C@@H]3[C@H](CC[C@@]4(C)[C@H]3C[C@H]([N+]3(C)CCC3)[C@@H]4OC(C)=O)[C@@]2(C)C[C@@H]1N1CCC1. The van der Waals surface area contributed by atoms with Crippen molar-refractivity contribution < 1.29 is 23.5 Å². The van der Waals surface area contributed by atoms with E-state index in [-0.39, 0.29) is 29.6 Å². The van der Waals surface area contributed by atoms with Crippen LogP contribution in [0.4, 0.5) is 0 Å². The van der Waals surface area contributed by atoms with Crippen LogP contribution in [0.15, 0.2) is 0 Å². The van der Waals surface area contributed by atoms with E-state index in [1.165, 1.54) is 64.5 Å². The van der Waals surface area contributed by atoms with Crippen LogP contribution in [0.2, 0.25) is 0 Å². The summed E-state index contributed by atoms with van der Waals surface area (Å²) in [5.74, 6) is 2.53. The van der Waals surface area contributed by atoms with Crippen LogP contribution < -0.4 is 0 Å². The molecule has 0 aromatic rings. The van der Waals surface area contributed by atoms with Crippen molar-refractivity contribution >= 4 is 11.9 Å². The smallest absolute Gasteiger partial charge is 0.303 e. The van der Waals surface area contributed by atoms with Crippen LogP contribution in [0.5, 0.6) is 0 Å². The molecule has 6 heteroatoms. The Morgan fingerprint density at radius 2 is 1.61 bits per heavy atom. The van der Waals surface area contributed by atoms with Crippen molar-refractivity contribution in [1.29, 1.82) is 0 Å². The molecule has 202 valence electrons. The maximum atomic E-state index is 12.3. The number of rotatable bonds is 4. The molecule has 10 atom stereocenters. The van der Waals surface area contributed by atoms with Crippen molar-refractivity contribution in [2.45, 2.75) is 110 Å². The maximum Gasteiger partial charge on any atom is 0.303 e. The third-order valence-corrected chi connectivity index (χ3v) is 12.7. The van der Waals surface area contributed by atoms with Gasteiger partial charge >= 0.3 is 11.9 Å². The second-order valence-electron chi connectivity index (χ2n) is 14.4. The summed E-state index contributed by atoms with van der Waals surface area (Å²) >= 11 is 0. The van der Waals surface area contributed by atoms with Crippen molar-refractivity contribution in [2.75, 3.05) is 33.2 Å². The van der Waals surface area contributed by atoms with Gasteiger partial charge in [-0.2, -0.15) is 0 Å². The van der Waals surface area contributed by atoms with Gasteiger partial charge in [-0.05, 0) is 87.1 Å². The molecule has 0 unspecified atom stereocenters. The van der Waals surface area contributed by atoms with Gasteiger partial charge in [-0.25, -0.2) is 0 Å². The van der Waals surface area contributed by atoms with Gasteiger partial charge in [-0.3, -0.25) is 14.5 Å². The highest BCUT2D eigenvalue weighted by molar-refractivity contribution is 5.66. The molecule has 4 aliphatic carbocycles. The lowest BCUT2D eigenvalue weighted by molar-refractivity contribution is -0.970. The Morgan fingerprint density at radius 3 is 2.19 bits per heavy atom. The molecule has 0 amide bonds. The largest absolute Gasteiger partial charge is 0.461 e. The first-order valence-electron chi connectivity index (χ1n) is 15.0. The fraction of sp³-hybridized carbons (Fsp3) is 0.933. The molecule has 0 bridgehead atoms. The molecule has 6 nitrogen and oxygen atoms in total. The van der Waals surface area contributed by atoms with Crippen LogP contribution in [0.1, 0.15) is 85.5 Å². The summed E-state index contributed by atoms with van der Waals surface area (Å²) in [5.41, 5.74) is 0.411. The van der Waals surface area contributed by atoms with Crippen molar-refractivity contribution in [3.63, 3.8) is 0 Å². The number of likely N-dealkylation sites (N-methyl/N-ethyl adjacent to an activating group) is 1. The zero-order valence-electron chi connectivity index (χ0n) is 23.3. The second kappa shape index (κ2) is 8.69. The molecule has 36 heavy (non-hydrogen) atoms. The Balaban J connectivity index is 1.28. The van der Waals surface area contributed by atoms with Crippen molar-refractivity contribution in [3.05, 3.63) is 0 Å². The van der Waals surface area contributed by atoms with E-state index in [0.29, 0.717) is 29.3 Å². The lowest BCUT2D eigenvalue weighted by Gasteiger charge is -2.62. The average molecular weight is 502 g/mol. The summed E-state index contributed by atoms with van der Waals surface area (Å²) in [7, 11) is 2.41. The minimum atomic E-state index is -0.118. The summed E-state index contributed by atoms with van der Waals surface area (Å²) < 4.78 is 13.3. The minimum absolute atomic E-state index is 0.0605. The molecule has 0 aromatic heterocycles. The summed E-state index contributed by atoms with van der Waals surface area (Å²) in [6, 6.07) is 0.835. The highest BCUT2D eigenvalue weighted by Gasteiger charge is 2.67. The van der Waals surface area contributed by atoms with Crippen LogP contribution in [0.3, 0.4) is 0 Å². The zero-order chi connectivity index (χ0) is 25.5. The van der Waals surface area contributed by atoms with Crippen LogP contribution in [-0.4, -0.2) is 78.8 Å². The molecule has 0 N–H and O–H groups in total. The molecule has 2 aliphatic heterocycles. The Hall–Kier alpha value is -1.14. The van der Waals surface area contributed by atoms with Gasteiger partial charge in [0.1, 0.15) is 12.1 Å². The van der Waals surface area contributed by atoms with E-state index in [2.05, 4.69) is 25.8 Å². The number of hydrogen-bond acceptors (Lipinski definition) is 5. The zero-order valence-corrected chi connectivity index (χ0v) is 23.3. The first kappa shape index (κ1) is 25.2. The first-order valence-corrected chi connectivity index (χ1v) is 15.0. The molecule has 4 saturated carbocycles. The number of esters is 2. The number of nitrogens with zero attached hydrogens (tertiary/aromatic N) is 2. The van der Waals surface area contributed by atoms with Crippen LogP contribution in [0, 0.1) is 34.5 Å². The fourth-order valence-electron chi connectivity index (χ4n) is 10.6. The van der Waals surface area contributed by atoms with E-state index in [4.69, 9.17) is 9.47 Å². The molecular weight excluding hydrogens is 452 g/mol. The second-order valence-corrected chi connectivity index (χ2v) is 14.4. The van der Waals surface area contributed by atoms with Crippen molar-refractivity contribution in [1.82, 2.24) is 4.90 Å². The summed E-state index contributed by atoms with van der Waals surface area (Å²) in [5, 5.41) is 0. The van der Waals surface area contributed by atoms with E-state index < -0.39 is 0 Å². The molecule has 0 spiro atoms. The molecular formula is C30H49N2O4+. The Labute approximate surface area is 218 Å². The van der Waals surface area contributed by atoms with E-state index in [1.54, 1.807) is 13.8 Å². The summed E-state index contributed by atoms with van der Waals surface area (Å²) in [4.78, 5) is 26.9. The first-order chi connectivity index (χ1) is 17.0. The van der Waals surface area contributed by atoms with E-state index >= 15 is 0 Å². The Morgan fingerprint density at radius 1 is 0.889 bits per heavy atom. The molecule has 2 heterocycles. The van der Waals surface area contributed by atoms with Gasteiger partial charge in [0.2, 0.25) is 0 Å². The molecule has 0 radical (unpaired) electrons. The van der Waals surface area contributed by atoms with Gasteiger partial charge in [0.25, 0.3) is 0 Å². The minimum Gasteiger partial charge on any atom is -0.461 e. The quantitative estimate of drug-likeness (QED) is 0.422. The van der Waals surface area contributed by atoms with E-state index in [9.17, 15) is 9.59 Å². The lowest BCUT2D eigenvalue weighted by Crippen LogP contribution is -2.64. The highest BCUT2D eigenvalue weighted by Crippen LogP contribution is 2.67. The van der Waals surface area contributed by atoms with Gasteiger partial charge in [-0.15, -0.1) is 0 Å². The van der Waals surface area contributed by atoms with Crippen molar-refractivity contribution in [2.24, 2.45) is 34.5 Å². The fourth-order valence-corrected chi connectivity index (χ4v) is 10.6. The lowest BCUT2D eigenvalue weighted by atomic mass is 9.44. The molecule has 2 saturated heterocycles. The van der Waals surface area contributed by atoms with Crippen LogP contribution in [0.25, 0.3) is 0 Å². The summed E-state index contributed by atoms with van der Waals surface area (Å²) in [6.45, 7) is 13.0. The van der Waals surface area contributed by atoms with Gasteiger partial charge < -0.3 is 14.0 Å². The van der Waals surface area contributed by atoms with Gasteiger partial charge in [0.05, 0.1) is 20.1 Å². The number of fused-ring (bicyclic) bond motifs is 5. The number of carbonyl (C=O) groups excluding carboxylic acids is 2. The molecule has 6 rings (SSSR count). The predicted molar refractivity (Wildman–Crippen MR) is 138 cm³/mol. The topological polar surface area (TPSA) is 55.8 Å². The van der Waals surface area contributed by atoms with Gasteiger partial charge in [0, 0.05) is 38.1 Å². The average Bonchev–Trinajstić information content (AvgIpc) is 3.03. The number of quaternary nitrogens is 1. The summed E-state index contributed by atoms with van der Waals surface area (Å²) in [6.07, 6.45) is 11.1. The monoisotopic (exact) mass is 501 g/mol. The molecule has 6 aliphatic rings. The van der Waals surface area contributed by atoms with Crippen molar-refractivity contribution in [3.8, 4) is 0 Å². The number of carbonyl (C=O) groups is 2. The van der Waals surface area contributed by atoms with Gasteiger partial charge in [-0.1, -0.05) is 13.8 Å². The third-order valence-electron chi connectivity index (χ3n) is 12.7. The number of hydrogen-bond donors (Lipinski definition) is 0. The number of likely N-dealkylation sites (tertiary alicyclic amines) is 2. The Kier molecular flexibility index (Phi) is 6.07. The normalized spacial score (nSPS) is 49.5. The third kappa shape index (κ3) is 3.71. The van der Waals surface area contributed by atoms with E-state index in [0.717, 1.165) is 35.8 Å². The standard InChI is InChI=1S/C30H49N2O4/c1-19(33)35-27-16-21-8-9-22-23(30(21,4)18-25(27)31-12-6-13-31)10-11-29(3)24(22)17-26(28(29)36-20(2)34)32(5)14-7-15-32/h21-28H,6-18H2,1-5H3/q+1/t21-,22+,23-,24-,25-,26-,27-,28-,29-,30-/m0/s1. The maximum absolute atomic E-state index is 12.3. The number of ether oxygens (including phenoxy) is 2.